The summed E-state index contributed by atoms with van der Waals surface area (Å²) in [7, 11) is 0. The minimum absolute atomic E-state index is 0.0261. The quantitative estimate of drug-likeness (QED) is 0.727. The van der Waals surface area contributed by atoms with Crippen LogP contribution in [0.1, 0.15) is 40.0 Å². The number of hydrogen-bond acceptors (Lipinski definition) is 5. The standard InChI is InChI=1S/C22H22N4O3/c1-11-4-6-15(12(2)8-11)17-9-16(19-13(3)25-29-21(19)24-17)22(28)26-14-5-7-18(26)20(27)23-10-14/h4,6,8-9,14,18H,5,7,10H2,1-3H3,(H,23,27). The monoisotopic (exact) mass is 390 g/mol. The predicted molar refractivity (Wildman–Crippen MR) is 107 cm³/mol. The second kappa shape index (κ2) is 6.40. The molecule has 1 N–H and O–H groups in total. The summed E-state index contributed by atoms with van der Waals surface area (Å²) in [5.41, 5.74) is 5.31. The molecule has 4 heterocycles. The summed E-state index contributed by atoms with van der Waals surface area (Å²) >= 11 is 0. The van der Waals surface area contributed by atoms with E-state index < -0.39 is 6.04 Å². The lowest BCUT2D eigenvalue weighted by molar-refractivity contribution is -0.127. The van der Waals surface area contributed by atoms with Crippen molar-refractivity contribution in [2.45, 2.75) is 45.7 Å². The number of carbonyl (C=O) groups is 2. The van der Waals surface area contributed by atoms with E-state index in [-0.39, 0.29) is 17.9 Å². The number of hydrogen-bond donors (Lipinski definition) is 1. The lowest BCUT2D eigenvalue weighted by Gasteiger charge is -2.34. The number of nitrogens with zero attached hydrogens (tertiary/aromatic N) is 3. The Morgan fingerprint density at radius 1 is 1.21 bits per heavy atom. The van der Waals surface area contributed by atoms with Crippen LogP contribution in [0.5, 0.6) is 0 Å². The lowest BCUT2D eigenvalue weighted by atomic mass is 9.99. The zero-order valence-electron chi connectivity index (χ0n) is 16.7. The maximum atomic E-state index is 13.6. The minimum Gasteiger partial charge on any atom is -0.352 e. The number of benzene rings is 1. The number of rotatable bonds is 2. The van der Waals surface area contributed by atoms with Gasteiger partial charge < -0.3 is 14.7 Å². The van der Waals surface area contributed by atoms with Gasteiger partial charge in [-0.25, -0.2) is 4.98 Å². The number of piperazine rings is 1. The Hall–Kier alpha value is -3.22. The van der Waals surface area contributed by atoms with Gasteiger partial charge in [0.15, 0.2) is 0 Å². The highest BCUT2D eigenvalue weighted by Gasteiger charge is 2.45. The van der Waals surface area contributed by atoms with E-state index in [0.29, 0.717) is 41.0 Å². The molecule has 3 aromatic rings. The predicted octanol–water partition coefficient (Wildman–Crippen LogP) is 2.92. The topological polar surface area (TPSA) is 88.3 Å². The molecule has 2 fully saturated rings. The summed E-state index contributed by atoms with van der Waals surface area (Å²) < 4.78 is 5.43. The normalized spacial score (nSPS) is 20.9. The molecule has 7 heteroatoms. The Morgan fingerprint density at radius 3 is 2.83 bits per heavy atom. The molecule has 0 aliphatic carbocycles. The Morgan fingerprint density at radius 2 is 2.03 bits per heavy atom. The molecule has 2 aliphatic heterocycles. The molecule has 2 amide bonds. The molecular formula is C22H22N4O3. The maximum absolute atomic E-state index is 13.6. The van der Waals surface area contributed by atoms with Crippen LogP contribution in [0.25, 0.3) is 22.4 Å². The summed E-state index contributed by atoms with van der Waals surface area (Å²) in [5, 5.41) is 7.55. The zero-order chi connectivity index (χ0) is 20.3. The number of pyridine rings is 1. The van der Waals surface area contributed by atoms with Crippen LogP contribution in [0.15, 0.2) is 28.8 Å². The second-order valence-corrected chi connectivity index (χ2v) is 8.03. The number of amides is 2. The molecule has 2 aromatic heterocycles. The second-order valence-electron chi connectivity index (χ2n) is 8.03. The molecule has 2 unspecified atom stereocenters. The molecule has 0 radical (unpaired) electrons. The van der Waals surface area contributed by atoms with Crippen LogP contribution in [0.4, 0.5) is 0 Å². The van der Waals surface area contributed by atoms with Gasteiger partial charge in [-0.2, -0.15) is 0 Å². The first-order valence-electron chi connectivity index (χ1n) is 9.89. The Kier molecular flexibility index (Phi) is 3.94. The van der Waals surface area contributed by atoms with E-state index in [0.717, 1.165) is 23.1 Å². The highest BCUT2D eigenvalue weighted by atomic mass is 16.5. The molecule has 148 valence electrons. The van der Waals surface area contributed by atoms with E-state index in [2.05, 4.69) is 21.5 Å². The van der Waals surface area contributed by atoms with E-state index in [9.17, 15) is 9.59 Å². The van der Waals surface area contributed by atoms with Crippen LogP contribution >= 0.6 is 0 Å². The molecule has 0 spiro atoms. The molecule has 29 heavy (non-hydrogen) atoms. The van der Waals surface area contributed by atoms with Crippen LogP contribution in [0.3, 0.4) is 0 Å². The van der Waals surface area contributed by atoms with Crippen molar-refractivity contribution in [2.75, 3.05) is 6.54 Å². The maximum Gasteiger partial charge on any atom is 0.259 e. The summed E-state index contributed by atoms with van der Waals surface area (Å²) in [6.45, 7) is 6.37. The molecule has 5 rings (SSSR count). The fraction of sp³-hybridized carbons (Fsp3) is 0.364. The van der Waals surface area contributed by atoms with Crippen LogP contribution < -0.4 is 5.32 Å². The summed E-state index contributed by atoms with van der Waals surface area (Å²) in [6.07, 6.45) is 1.53. The third-order valence-electron chi connectivity index (χ3n) is 6.06. The summed E-state index contributed by atoms with van der Waals surface area (Å²) in [6, 6.07) is 7.56. The van der Waals surface area contributed by atoms with Crippen LogP contribution in [-0.4, -0.2) is 45.5 Å². The van der Waals surface area contributed by atoms with Crippen molar-refractivity contribution >= 4 is 22.9 Å². The van der Waals surface area contributed by atoms with Crippen LogP contribution in [0.2, 0.25) is 0 Å². The average molecular weight is 390 g/mol. The Balaban J connectivity index is 1.67. The summed E-state index contributed by atoms with van der Waals surface area (Å²) in [4.78, 5) is 32.3. The first-order valence-corrected chi connectivity index (χ1v) is 9.89. The SMILES string of the molecule is Cc1ccc(-c2cc(C(=O)N3C4CCC3C(=O)NC4)c3c(C)noc3n2)c(C)c1. The van der Waals surface area contributed by atoms with Gasteiger partial charge in [-0.15, -0.1) is 0 Å². The molecular weight excluding hydrogens is 368 g/mol. The lowest BCUT2D eigenvalue weighted by Crippen LogP contribution is -2.57. The zero-order valence-corrected chi connectivity index (χ0v) is 16.7. The molecule has 7 nitrogen and oxygen atoms in total. The number of nitrogens with one attached hydrogen (secondary N) is 1. The van der Waals surface area contributed by atoms with Crippen molar-refractivity contribution in [3.05, 3.63) is 46.6 Å². The Bertz CT molecular complexity index is 1170. The van der Waals surface area contributed by atoms with Gasteiger partial charge in [0, 0.05) is 12.1 Å². The molecule has 1 aromatic carbocycles. The fourth-order valence-electron chi connectivity index (χ4n) is 4.63. The number of aryl methyl sites for hydroxylation is 3. The molecule has 2 aliphatic rings. The molecule has 2 atom stereocenters. The van der Waals surface area contributed by atoms with Crippen molar-refractivity contribution in [3.8, 4) is 11.3 Å². The number of carbonyl (C=O) groups excluding carboxylic acids is 2. The van der Waals surface area contributed by atoms with Crippen LogP contribution in [0, 0.1) is 20.8 Å². The van der Waals surface area contributed by atoms with Gasteiger partial charge in [0.1, 0.15) is 6.04 Å². The van der Waals surface area contributed by atoms with E-state index in [1.165, 1.54) is 0 Å². The number of aromatic nitrogens is 2. The largest absolute Gasteiger partial charge is 0.352 e. The van der Waals surface area contributed by atoms with Crippen molar-refractivity contribution in [1.29, 1.82) is 0 Å². The number of fused-ring (bicyclic) bond motifs is 3. The van der Waals surface area contributed by atoms with Crippen molar-refractivity contribution < 1.29 is 14.1 Å². The van der Waals surface area contributed by atoms with Crippen molar-refractivity contribution in [1.82, 2.24) is 20.4 Å². The third-order valence-corrected chi connectivity index (χ3v) is 6.06. The van der Waals surface area contributed by atoms with Gasteiger partial charge in [0.2, 0.25) is 5.91 Å². The summed E-state index contributed by atoms with van der Waals surface area (Å²) in [5.74, 6) is -0.230. The molecule has 2 bridgehead atoms. The fourth-order valence-corrected chi connectivity index (χ4v) is 4.63. The minimum atomic E-state index is -0.408. The smallest absolute Gasteiger partial charge is 0.259 e. The van der Waals surface area contributed by atoms with E-state index >= 15 is 0 Å². The van der Waals surface area contributed by atoms with Crippen LogP contribution in [-0.2, 0) is 4.79 Å². The van der Waals surface area contributed by atoms with E-state index in [1.54, 1.807) is 11.8 Å². The highest BCUT2D eigenvalue weighted by molar-refractivity contribution is 6.08. The third kappa shape index (κ3) is 2.72. The van der Waals surface area contributed by atoms with Crippen molar-refractivity contribution in [3.63, 3.8) is 0 Å². The van der Waals surface area contributed by atoms with Gasteiger partial charge in [-0.3, -0.25) is 9.59 Å². The van der Waals surface area contributed by atoms with Gasteiger partial charge in [-0.1, -0.05) is 28.9 Å². The van der Waals surface area contributed by atoms with Gasteiger partial charge in [0.25, 0.3) is 11.6 Å². The molecule has 0 saturated carbocycles. The van der Waals surface area contributed by atoms with Gasteiger partial charge >= 0.3 is 0 Å². The van der Waals surface area contributed by atoms with E-state index in [4.69, 9.17) is 4.52 Å². The molecule has 2 saturated heterocycles. The van der Waals surface area contributed by atoms with Gasteiger partial charge in [0.05, 0.1) is 28.4 Å². The average Bonchev–Trinajstić information content (AvgIpc) is 3.23. The first kappa shape index (κ1) is 17.8. The Labute approximate surface area is 168 Å². The highest BCUT2D eigenvalue weighted by Crippen LogP contribution is 2.34. The van der Waals surface area contributed by atoms with Gasteiger partial charge in [-0.05, 0) is 45.2 Å². The van der Waals surface area contributed by atoms with Crippen molar-refractivity contribution in [2.24, 2.45) is 0 Å². The van der Waals surface area contributed by atoms with E-state index in [1.807, 2.05) is 32.0 Å². The first-order chi connectivity index (χ1) is 13.9.